The summed E-state index contributed by atoms with van der Waals surface area (Å²) in [6.07, 6.45) is 3.06. The normalized spacial score (nSPS) is 13.7. The van der Waals surface area contributed by atoms with E-state index in [1.165, 1.54) is 12.1 Å². The molecule has 1 aromatic carbocycles. The number of nitrogens with zero attached hydrogens (tertiary/aromatic N) is 5. The fraction of sp³-hybridized carbons (Fsp3) is 0.481. The molecule has 39 heavy (non-hydrogen) atoms. The molecule has 1 N–H and O–H groups in total. The Morgan fingerprint density at radius 1 is 1.23 bits per heavy atom. The third-order valence-electron chi connectivity index (χ3n) is 6.69. The number of nitrogens with one attached hydrogen (secondary N) is 1. The summed E-state index contributed by atoms with van der Waals surface area (Å²) in [6, 6.07) is 5.14. The first-order valence-corrected chi connectivity index (χ1v) is 16.6. The first kappa shape index (κ1) is 28.8. The van der Waals surface area contributed by atoms with E-state index >= 15 is 0 Å². The van der Waals surface area contributed by atoms with Crippen LogP contribution in [0.2, 0.25) is 25.7 Å². The number of carbonyl (C=O) groups excluding carboxylic acids is 1. The average molecular weight is 557 g/mol. The number of amides is 1. The zero-order chi connectivity index (χ0) is 28.3. The fourth-order valence-electron chi connectivity index (χ4n) is 4.28. The van der Waals surface area contributed by atoms with Crippen molar-refractivity contribution < 1.29 is 23.4 Å². The molecular formula is C27H37FN6O4Si. The molecule has 1 amide bonds. The Morgan fingerprint density at radius 2 is 2.00 bits per heavy atom. The highest BCUT2D eigenvalue weighted by molar-refractivity contribution is 6.76. The fourth-order valence-corrected chi connectivity index (χ4v) is 5.03. The number of hydrogen-bond acceptors (Lipinski definition) is 7. The number of rotatable bonds is 12. The Labute approximate surface area is 228 Å². The van der Waals surface area contributed by atoms with E-state index in [-0.39, 0.29) is 37.2 Å². The van der Waals surface area contributed by atoms with Crippen LogP contribution < -0.4 is 5.32 Å². The molecule has 210 valence electrons. The molecule has 3 aromatic heterocycles. The minimum Gasteiger partial charge on any atom is -0.382 e. The minimum absolute atomic E-state index is 0.240. The zero-order valence-corrected chi connectivity index (χ0v) is 24.6. The van der Waals surface area contributed by atoms with E-state index in [4.69, 9.17) is 19.2 Å². The molecule has 0 radical (unpaired) electrons. The molecule has 0 bridgehead atoms. The Morgan fingerprint density at radius 3 is 2.69 bits per heavy atom. The molecule has 0 fully saturated rings. The second-order valence-corrected chi connectivity index (χ2v) is 16.5. The maximum Gasteiger partial charge on any atom is 0.255 e. The maximum absolute atomic E-state index is 13.9. The van der Waals surface area contributed by atoms with Crippen molar-refractivity contribution in [2.45, 2.75) is 51.5 Å². The van der Waals surface area contributed by atoms with Crippen LogP contribution in [-0.4, -0.2) is 77.9 Å². The monoisotopic (exact) mass is 556 g/mol. The van der Waals surface area contributed by atoms with Gasteiger partial charge in [0.2, 0.25) is 0 Å². The Balaban J connectivity index is 1.74. The van der Waals surface area contributed by atoms with Crippen molar-refractivity contribution in [3.8, 4) is 11.4 Å². The van der Waals surface area contributed by atoms with E-state index < -0.39 is 8.07 Å². The smallest absolute Gasteiger partial charge is 0.255 e. The van der Waals surface area contributed by atoms with E-state index in [9.17, 15) is 9.18 Å². The molecule has 0 saturated carbocycles. The van der Waals surface area contributed by atoms with Gasteiger partial charge in [0.05, 0.1) is 36.0 Å². The predicted molar refractivity (Wildman–Crippen MR) is 151 cm³/mol. The predicted octanol–water partition coefficient (Wildman–Crippen LogP) is 4.22. The number of halogens is 1. The molecule has 0 unspecified atom stereocenters. The third kappa shape index (κ3) is 6.52. The molecule has 12 heteroatoms. The molecule has 0 spiro atoms. The zero-order valence-electron chi connectivity index (χ0n) is 23.6. The summed E-state index contributed by atoms with van der Waals surface area (Å²) in [4.78, 5) is 23.0. The molecule has 0 aliphatic heterocycles. The molecule has 0 aliphatic rings. The summed E-state index contributed by atoms with van der Waals surface area (Å²) in [5.41, 5.74) is 2.95. The highest BCUT2D eigenvalue weighted by atomic mass is 28.3. The molecule has 10 nitrogen and oxygen atoms in total. The van der Waals surface area contributed by atoms with E-state index in [0.717, 1.165) is 11.4 Å². The summed E-state index contributed by atoms with van der Waals surface area (Å²) >= 11 is 0. The van der Waals surface area contributed by atoms with Crippen LogP contribution in [0.4, 0.5) is 4.39 Å². The van der Waals surface area contributed by atoms with Gasteiger partial charge >= 0.3 is 0 Å². The number of ether oxygens (including phenoxy) is 3. The lowest BCUT2D eigenvalue weighted by Gasteiger charge is -2.23. The summed E-state index contributed by atoms with van der Waals surface area (Å²) in [5.74, 6) is -0.675. The Kier molecular flexibility index (Phi) is 8.79. The molecular weight excluding hydrogens is 519 g/mol. The largest absolute Gasteiger partial charge is 0.382 e. The first-order chi connectivity index (χ1) is 18.5. The van der Waals surface area contributed by atoms with Crippen LogP contribution >= 0.6 is 0 Å². The average Bonchev–Trinajstić information content (AvgIpc) is 3.42. The summed E-state index contributed by atoms with van der Waals surface area (Å²) in [5, 5.41) is 8.31. The van der Waals surface area contributed by atoms with Gasteiger partial charge in [-0.3, -0.25) is 9.48 Å². The van der Waals surface area contributed by atoms with Gasteiger partial charge in [-0.1, -0.05) is 19.6 Å². The van der Waals surface area contributed by atoms with Crippen molar-refractivity contribution in [1.82, 2.24) is 29.6 Å². The lowest BCUT2D eigenvalue weighted by molar-refractivity contribution is 0.0421. The van der Waals surface area contributed by atoms with Crippen molar-refractivity contribution in [2.24, 2.45) is 7.05 Å². The van der Waals surface area contributed by atoms with Crippen LogP contribution in [0.15, 0.2) is 30.6 Å². The summed E-state index contributed by atoms with van der Waals surface area (Å²) in [6.45, 7) is 9.90. The number of aryl methyl sites for hydroxylation is 1. The van der Waals surface area contributed by atoms with Crippen molar-refractivity contribution in [3.63, 3.8) is 0 Å². The lowest BCUT2D eigenvalue weighted by Crippen LogP contribution is -2.45. The molecule has 0 aliphatic carbocycles. The van der Waals surface area contributed by atoms with Crippen LogP contribution in [-0.2, 0) is 28.0 Å². The van der Waals surface area contributed by atoms with Gasteiger partial charge in [0.1, 0.15) is 29.5 Å². The Hall–Kier alpha value is -3.19. The van der Waals surface area contributed by atoms with Gasteiger partial charge in [-0.2, -0.15) is 5.10 Å². The third-order valence-corrected chi connectivity index (χ3v) is 8.40. The molecule has 0 saturated heterocycles. The van der Waals surface area contributed by atoms with Crippen LogP contribution in [0, 0.1) is 5.82 Å². The van der Waals surface area contributed by atoms with Gasteiger partial charge in [-0.25, -0.2) is 14.4 Å². The van der Waals surface area contributed by atoms with Gasteiger partial charge < -0.3 is 24.1 Å². The van der Waals surface area contributed by atoms with E-state index in [0.29, 0.717) is 40.2 Å². The SMILES string of the molecule is COC[C@@H](NC(=O)c1cn(COCC[Si](C)(C)C)c2ncc(-c3nn(C)c4cc(F)ccc34)nc12)[C@H](C)OC. The van der Waals surface area contributed by atoms with Gasteiger partial charge in [-0.05, 0) is 31.2 Å². The number of fused-ring (bicyclic) bond motifs is 2. The first-order valence-electron chi connectivity index (χ1n) is 12.9. The van der Waals surface area contributed by atoms with E-state index in [2.05, 4.69) is 35.0 Å². The minimum atomic E-state index is -1.25. The van der Waals surface area contributed by atoms with Crippen molar-refractivity contribution in [1.29, 1.82) is 0 Å². The number of aromatic nitrogens is 5. The van der Waals surface area contributed by atoms with Crippen LogP contribution in [0.1, 0.15) is 17.3 Å². The molecule has 2 atom stereocenters. The van der Waals surface area contributed by atoms with Gasteiger partial charge in [0.25, 0.3) is 5.91 Å². The highest BCUT2D eigenvalue weighted by Crippen LogP contribution is 2.29. The lowest BCUT2D eigenvalue weighted by atomic mass is 10.1. The van der Waals surface area contributed by atoms with Crippen LogP contribution in [0.3, 0.4) is 0 Å². The standard InChI is InChI=1S/C27H37FN6O4Si/c1-17(37-4)22(15-36-3)31-27(35)20-14-34(16-38-10-11-39(5,6)7)26-25(20)30-21(13-29-26)24-19-9-8-18(28)12-23(19)33(2)32-24/h8-9,12-14,17,22H,10-11,15-16H2,1-7H3,(H,31,35)/t17-,22+/m0/s1. The number of methoxy groups -OCH3 is 2. The molecule has 3 heterocycles. The van der Waals surface area contributed by atoms with E-state index in [1.54, 1.807) is 49.0 Å². The Bertz CT molecular complexity index is 1460. The topological polar surface area (TPSA) is 105 Å². The second-order valence-electron chi connectivity index (χ2n) is 10.9. The van der Waals surface area contributed by atoms with Gasteiger partial charge in [0, 0.05) is 47.5 Å². The number of hydrogen-bond donors (Lipinski definition) is 1. The number of benzene rings is 1. The van der Waals surface area contributed by atoms with Gasteiger partial charge in [-0.15, -0.1) is 0 Å². The van der Waals surface area contributed by atoms with Crippen molar-refractivity contribution in [3.05, 3.63) is 42.0 Å². The van der Waals surface area contributed by atoms with Crippen LogP contribution in [0.25, 0.3) is 33.5 Å². The maximum atomic E-state index is 13.9. The molecule has 4 rings (SSSR count). The van der Waals surface area contributed by atoms with Crippen molar-refractivity contribution >= 4 is 36.0 Å². The molecule has 4 aromatic rings. The summed E-state index contributed by atoms with van der Waals surface area (Å²) < 4.78 is 34.0. The quantitative estimate of drug-likeness (QED) is 0.206. The van der Waals surface area contributed by atoms with Gasteiger partial charge in [0.15, 0.2) is 5.65 Å². The van der Waals surface area contributed by atoms with Crippen LogP contribution in [0.5, 0.6) is 0 Å². The van der Waals surface area contributed by atoms with Crippen molar-refractivity contribution in [2.75, 3.05) is 27.4 Å². The van der Waals surface area contributed by atoms with E-state index in [1.807, 2.05) is 6.92 Å². The highest BCUT2D eigenvalue weighted by Gasteiger charge is 2.25. The number of carbonyl (C=O) groups is 1. The summed E-state index contributed by atoms with van der Waals surface area (Å²) in [7, 11) is 3.66. The second kappa shape index (κ2) is 11.9.